The number of non-ortho nitro benzene ring substituents is 1. The minimum Gasteiger partial charge on any atom is -0.344 e. The lowest BCUT2D eigenvalue weighted by molar-refractivity contribution is -0.384. The van der Waals surface area contributed by atoms with Crippen molar-refractivity contribution in [2.75, 3.05) is 5.32 Å². The van der Waals surface area contributed by atoms with E-state index in [0.29, 0.717) is 0 Å². The predicted octanol–water partition coefficient (Wildman–Crippen LogP) is 1.90. The first-order chi connectivity index (χ1) is 13.1. The molecule has 0 radical (unpaired) electrons. The lowest BCUT2D eigenvalue weighted by atomic mass is 10.2. The number of hydrogen-bond donors (Lipinski definition) is 2. The van der Waals surface area contributed by atoms with Gasteiger partial charge in [0.15, 0.2) is 5.13 Å². The molecule has 0 saturated heterocycles. The van der Waals surface area contributed by atoms with E-state index < -0.39 is 32.6 Å². The van der Waals surface area contributed by atoms with Gasteiger partial charge in [-0.3, -0.25) is 19.7 Å². The zero-order chi connectivity index (χ0) is 20.9. The molecular weight excluding hydrogens is 408 g/mol. The van der Waals surface area contributed by atoms with Crippen LogP contribution in [-0.4, -0.2) is 36.2 Å². The van der Waals surface area contributed by atoms with E-state index >= 15 is 0 Å². The summed E-state index contributed by atoms with van der Waals surface area (Å²) in [5.74, 6) is -0.966. The molecule has 0 aliphatic carbocycles. The van der Waals surface area contributed by atoms with Crippen LogP contribution in [-0.2, 0) is 19.4 Å². The van der Waals surface area contributed by atoms with Crippen LogP contribution in [0.5, 0.6) is 0 Å². The van der Waals surface area contributed by atoms with Crippen LogP contribution < -0.4 is 10.6 Å². The van der Waals surface area contributed by atoms with Gasteiger partial charge in [-0.2, -0.15) is 0 Å². The van der Waals surface area contributed by atoms with Crippen molar-refractivity contribution in [2.45, 2.75) is 28.5 Å². The van der Waals surface area contributed by atoms with E-state index in [1.165, 1.54) is 13.0 Å². The van der Waals surface area contributed by atoms with Gasteiger partial charge in [-0.05, 0) is 18.6 Å². The van der Waals surface area contributed by atoms with E-state index in [1.54, 1.807) is 0 Å². The van der Waals surface area contributed by atoms with Crippen molar-refractivity contribution in [3.8, 4) is 0 Å². The zero-order valence-corrected chi connectivity index (χ0v) is 16.2. The number of sulfone groups is 1. The van der Waals surface area contributed by atoms with Gasteiger partial charge >= 0.3 is 0 Å². The largest absolute Gasteiger partial charge is 0.344 e. The average molecular weight is 424 g/mol. The summed E-state index contributed by atoms with van der Waals surface area (Å²) in [5, 5.41) is 15.6. The van der Waals surface area contributed by atoms with Gasteiger partial charge in [0.1, 0.15) is 10.3 Å². The number of hydrogen-bond acceptors (Lipinski definition) is 8. The Labute approximate surface area is 164 Å². The van der Waals surface area contributed by atoms with Gasteiger partial charge in [-0.15, -0.1) is 6.58 Å². The highest BCUT2D eigenvalue weighted by Crippen LogP contribution is 2.29. The van der Waals surface area contributed by atoms with Crippen molar-refractivity contribution in [1.82, 2.24) is 10.3 Å². The van der Waals surface area contributed by atoms with Crippen molar-refractivity contribution in [1.29, 1.82) is 0 Å². The highest BCUT2D eigenvalue weighted by Gasteiger charge is 2.24. The molecule has 0 unspecified atom stereocenters. The molecule has 1 aromatic carbocycles. The minimum atomic E-state index is -3.95. The number of carbonyl (C=O) groups excluding carboxylic acids is 2. The highest BCUT2D eigenvalue weighted by molar-refractivity contribution is 7.93. The van der Waals surface area contributed by atoms with Crippen molar-refractivity contribution in [3.05, 3.63) is 53.2 Å². The number of amides is 2. The van der Waals surface area contributed by atoms with E-state index in [-0.39, 0.29) is 26.3 Å². The number of benzene rings is 1. The van der Waals surface area contributed by atoms with E-state index in [1.807, 2.05) is 0 Å². The number of anilines is 1. The number of carbonyl (C=O) groups is 2. The van der Waals surface area contributed by atoms with Crippen LogP contribution in [0.25, 0.3) is 0 Å². The third-order valence-electron chi connectivity index (χ3n) is 3.43. The molecule has 0 aliphatic rings. The first-order valence-electron chi connectivity index (χ1n) is 7.79. The molecule has 0 fully saturated rings. The second kappa shape index (κ2) is 8.71. The Balaban J connectivity index is 2.20. The molecule has 1 atom stereocenters. The van der Waals surface area contributed by atoms with Crippen LogP contribution in [0, 0.1) is 10.1 Å². The molecule has 12 heteroatoms. The molecule has 1 heterocycles. The van der Waals surface area contributed by atoms with Gasteiger partial charge in [-0.1, -0.05) is 17.4 Å². The normalized spacial score (nSPS) is 12.0. The SMILES string of the molecule is C=CC[C@@H](NC(C)=O)C(=O)Nc1ncc(S(=O)(=O)c2ccc([N+](=O)[O-])cc2)s1. The molecule has 10 nitrogen and oxygen atoms in total. The van der Waals surface area contributed by atoms with E-state index in [9.17, 15) is 28.1 Å². The fourth-order valence-electron chi connectivity index (χ4n) is 2.14. The Morgan fingerprint density at radius 2 is 2.00 bits per heavy atom. The quantitative estimate of drug-likeness (QED) is 0.373. The molecule has 1 aromatic heterocycles. The summed E-state index contributed by atoms with van der Waals surface area (Å²) >= 11 is 0.724. The Morgan fingerprint density at radius 3 is 2.54 bits per heavy atom. The first-order valence-corrected chi connectivity index (χ1v) is 10.1. The van der Waals surface area contributed by atoms with Crippen LogP contribution in [0.15, 0.2) is 52.2 Å². The van der Waals surface area contributed by atoms with Gasteiger partial charge in [-0.25, -0.2) is 13.4 Å². The lowest BCUT2D eigenvalue weighted by Crippen LogP contribution is -2.42. The maximum atomic E-state index is 12.6. The summed E-state index contributed by atoms with van der Waals surface area (Å²) in [6.45, 7) is 4.78. The molecule has 0 bridgehead atoms. The van der Waals surface area contributed by atoms with Crippen LogP contribution in [0.4, 0.5) is 10.8 Å². The van der Waals surface area contributed by atoms with E-state index in [2.05, 4.69) is 22.2 Å². The smallest absolute Gasteiger partial charge is 0.269 e. The molecule has 2 N–H and O–H groups in total. The van der Waals surface area contributed by atoms with Crippen LogP contribution in [0.2, 0.25) is 0 Å². The average Bonchev–Trinajstić information content (AvgIpc) is 3.10. The standard InChI is InChI=1S/C16H16N4O6S2/c1-3-4-13(18-10(2)21)15(22)19-16-17-9-14(27-16)28(25,26)12-7-5-11(6-8-12)20(23)24/h3,5-9,13H,1,4H2,2H3,(H,18,21)(H,17,19,22)/t13-/m1/s1. The Bertz CT molecular complexity index is 1010. The highest BCUT2D eigenvalue weighted by atomic mass is 32.2. The second-order valence-corrected chi connectivity index (χ2v) is 8.71. The van der Waals surface area contributed by atoms with Gasteiger partial charge in [0.25, 0.3) is 5.69 Å². The Morgan fingerprint density at radius 1 is 1.36 bits per heavy atom. The van der Waals surface area contributed by atoms with Gasteiger partial charge in [0, 0.05) is 19.1 Å². The van der Waals surface area contributed by atoms with Crippen molar-refractivity contribution >= 4 is 43.8 Å². The molecule has 2 amide bonds. The number of rotatable bonds is 8. The van der Waals surface area contributed by atoms with Crippen LogP contribution in [0.3, 0.4) is 0 Å². The summed E-state index contributed by atoms with van der Waals surface area (Å²) in [7, 11) is -3.95. The number of nitrogens with zero attached hydrogens (tertiary/aromatic N) is 2. The predicted molar refractivity (Wildman–Crippen MR) is 102 cm³/mol. The molecule has 0 spiro atoms. The van der Waals surface area contributed by atoms with Gasteiger partial charge < -0.3 is 10.6 Å². The molecule has 2 rings (SSSR count). The third kappa shape index (κ3) is 4.98. The molecule has 148 valence electrons. The summed E-state index contributed by atoms with van der Waals surface area (Å²) < 4.78 is 25.1. The number of thiazole rings is 1. The number of nitrogens with one attached hydrogen (secondary N) is 2. The van der Waals surface area contributed by atoms with Gasteiger partial charge in [0.05, 0.1) is 16.0 Å². The molecule has 0 saturated carbocycles. The summed E-state index contributed by atoms with van der Waals surface area (Å²) in [6, 6.07) is 3.56. The van der Waals surface area contributed by atoms with E-state index in [0.717, 1.165) is 41.8 Å². The maximum absolute atomic E-state index is 12.6. The summed E-state index contributed by atoms with van der Waals surface area (Å²) in [5.41, 5.74) is -0.234. The molecular formula is C16H16N4O6S2. The minimum absolute atomic E-state index is 0.0323. The third-order valence-corrected chi connectivity index (χ3v) is 6.58. The fraction of sp³-hybridized carbons (Fsp3) is 0.188. The van der Waals surface area contributed by atoms with E-state index in [4.69, 9.17) is 0 Å². The topological polar surface area (TPSA) is 148 Å². The number of nitro benzene ring substituents is 1. The van der Waals surface area contributed by atoms with Crippen molar-refractivity contribution in [3.63, 3.8) is 0 Å². The van der Waals surface area contributed by atoms with Crippen molar-refractivity contribution in [2.24, 2.45) is 0 Å². The fourth-order valence-corrected chi connectivity index (χ4v) is 4.58. The second-order valence-electron chi connectivity index (χ2n) is 5.51. The number of aromatic nitrogens is 1. The Kier molecular flexibility index (Phi) is 6.59. The molecule has 0 aliphatic heterocycles. The van der Waals surface area contributed by atoms with Gasteiger partial charge in [0.2, 0.25) is 21.7 Å². The van der Waals surface area contributed by atoms with Crippen LogP contribution >= 0.6 is 11.3 Å². The van der Waals surface area contributed by atoms with Crippen molar-refractivity contribution < 1.29 is 22.9 Å². The molecule has 2 aromatic rings. The monoisotopic (exact) mass is 424 g/mol. The maximum Gasteiger partial charge on any atom is 0.269 e. The Hall–Kier alpha value is -3.12. The zero-order valence-electron chi connectivity index (χ0n) is 14.6. The number of nitro groups is 1. The lowest BCUT2D eigenvalue weighted by Gasteiger charge is -2.14. The summed E-state index contributed by atoms with van der Waals surface area (Å²) in [6.07, 6.45) is 2.73. The molecule has 28 heavy (non-hydrogen) atoms. The summed E-state index contributed by atoms with van der Waals surface area (Å²) in [4.78, 5) is 37.2. The van der Waals surface area contributed by atoms with Crippen LogP contribution in [0.1, 0.15) is 13.3 Å². The first kappa shape index (κ1) is 21.2.